The summed E-state index contributed by atoms with van der Waals surface area (Å²) in [5.74, 6) is 0.468. The van der Waals surface area contributed by atoms with Crippen LogP contribution in [0.1, 0.15) is 27.2 Å². The van der Waals surface area contributed by atoms with Crippen LogP contribution in [0.3, 0.4) is 0 Å². The molecule has 0 aromatic heterocycles. The van der Waals surface area contributed by atoms with E-state index in [2.05, 4.69) is 6.58 Å². The van der Waals surface area contributed by atoms with Crippen molar-refractivity contribution in [2.75, 3.05) is 6.61 Å². The Balaban J connectivity index is 0. The zero-order chi connectivity index (χ0) is 9.98. The highest BCUT2D eigenvalue weighted by atomic mass is 16.3. The molecule has 0 spiro atoms. The largest absolute Gasteiger partial charge is 0.516 e. The summed E-state index contributed by atoms with van der Waals surface area (Å²) in [6.07, 6.45) is 3.53. The summed E-state index contributed by atoms with van der Waals surface area (Å²) in [4.78, 5) is 0. The summed E-state index contributed by atoms with van der Waals surface area (Å²) in [5, 5.41) is 16.2. The third kappa shape index (κ3) is 22.8. The summed E-state index contributed by atoms with van der Waals surface area (Å²) < 4.78 is 0. The maximum absolute atomic E-state index is 8.18. The first-order valence-electron chi connectivity index (χ1n) is 4.10. The Hall–Kier alpha value is -0.760. The van der Waals surface area contributed by atoms with Gasteiger partial charge in [0, 0.05) is 6.61 Å². The normalized spacial score (nSPS) is 9.75. The number of aliphatic hydroxyl groups excluding tert-OH is 2. The van der Waals surface area contributed by atoms with Crippen LogP contribution in [0, 0.1) is 5.92 Å². The van der Waals surface area contributed by atoms with Gasteiger partial charge in [-0.15, -0.1) is 6.58 Å². The van der Waals surface area contributed by atoms with Gasteiger partial charge < -0.3 is 10.2 Å². The highest BCUT2D eigenvalue weighted by molar-refractivity contribution is 4.86. The lowest BCUT2D eigenvalue weighted by Gasteiger charge is -1.87. The van der Waals surface area contributed by atoms with Crippen LogP contribution in [-0.4, -0.2) is 16.8 Å². The van der Waals surface area contributed by atoms with E-state index in [-0.39, 0.29) is 6.61 Å². The van der Waals surface area contributed by atoms with Crippen LogP contribution in [0.5, 0.6) is 0 Å². The Kier molecular flexibility index (Phi) is 11.8. The third-order valence-electron chi connectivity index (χ3n) is 1.01. The van der Waals surface area contributed by atoms with Crippen molar-refractivity contribution < 1.29 is 10.2 Å². The van der Waals surface area contributed by atoms with Crippen LogP contribution >= 0.6 is 0 Å². The topological polar surface area (TPSA) is 40.5 Å². The van der Waals surface area contributed by atoms with Gasteiger partial charge in [0.25, 0.3) is 0 Å². The van der Waals surface area contributed by atoms with Crippen LogP contribution in [0.4, 0.5) is 0 Å². The Morgan fingerprint density at radius 2 is 2.00 bits per heavy atom. The van der Waals surface area contributed by atoms with Gasteiger partial charge in [0.1, 0.15) is 0 Å². The van der Waals surface area contributed by atoms with Gasteiger partial charge >= 0.3 is 0 Å². The number of hydrogen-bond donors (Lipinski definition) is 2. The van der Waals surface area contributed by atoms with Crippen LogP contribution in [0.25, 0.3) is 0 Å². The quantitative estimate of drug-likeness (QED) is 0.507. The predicted octanol–water partition coefficient (Wildman–Crippen LogP) is 2.66. The van der Waals surface area contributed by atoms with Crippen molar-refractivity contribution in [1.29, 1.82) is 0 Å². The maximum atomic E-state index is 8.18. The molecule has 0 heterocycles. The summed E-state index contributed by atoms with van der Waals surface area (Å²) in [6.45, 7) is 9.73. The average Bonchev–Trinajstić information content (AvgIpc) is 1.87. The summed E-state index contributed by atoms with van der Waals surface area (Å²) in [6, 6.07) is 0. The summed E-state index contributed by atoms with van der Waals surface area (Å²) in [7, 11) is 0. The second-order valence-electron chi connectivity index (χ2n) is 3.02. The van der Waals surface area contributed by atoms with Crippen molar-refractivity contribution in [3.05, 3.63) is 24.5 Å². The van der Waals surface area contributed by atoms with Crippen molar-refractivity contribution in [3.8, 4) is 0 Å². The molecule has 0 amide bonds. The van der Waals surface area contributed by atoms with Crippen molar-refractivity contribution >= 4 is 0 Å². The predicted molar refractivity (Wildman–Crippen MR) is 53.1 cm³/mol. The molecule has 2 N–H and O–H groups in total. The van der Waals surface area contributed by atoms with E-state index in [0.29, 0.717) is 5.92 Å². The molecule has 0 unspecified atom stereocenters. The van der Waals surface area contributed by atoms with Gasteiger partial charge in [-0.25, -0.2) is 0 Å². The molecule has 0 aliphatic heterocycles. The lowest BCUT2D eigenvalue weighted by molar-refractivity contribution is 0.299. The van der Waals surface area contributed by atoms with Gasteiger partial charge in [0.15, 0.2) is 0 Å². The van der Waals surface area contributed by atoms with Crippen LogP contribution < -0.4 is 0 Å². The van der Waals surface area contributed by atoms with Gasteiger partial charge in [-0.05, 0) is 25.3 Å². The summed E-state index contributed by atoms with van der Waals surface area (Å²) >= 11 is 0. The number of hydrogen-bond acceptors (Lipinski definition) is 2. The molecule has 0 radical (unpaired) electrons. The molecule has 0 saturated carbocycles. The third-order valence-corrected chi connectivity index (χ3v) is 1.01. The molecule has 0 atom stereocenters. The number of allylic oxidation sites excluding steroid dienone is 1. The van der Waals surface area contributed by atoms with Crippen molar-refractivity contribution in [1.82, 2.24) is 0 Å². The van der Waals surface area contributed by atoms with E-state index in [1.165, 1.54) is 0 Å². The molecule has 0 aromatic carbocycles. The van der Waals surface area contributed by atoms with Gasteiger partial charge in [-0.1, -0.05) is 19.4 Å². The molecule has 12 heavy (non-hydrogen) atoms. The summed E-state index contributed by atoms with van der Waals surface area (Å²) in [5.41, 5.74) is 1.04. The molecule has 0 rings (SSSR count). The van der Waals surface area contributed by atoms with Crippen LogP contribution in [0.15, 0.2) is 24.5 Å². The minimum Gasteiger partial charge on any atom is -0.516 e. The zero-order valence-electron chi connectivity index (χ0n) is 8.25. The van der Waals surface area contributed by atoms with E-state index >= 15 is 0 Å². The highest BCUT2D eigenvalue weighted by Crippen LogP contribution is 1.90. The van der Waals surface area contributed by atoms with Crippen molar-refractivity contribution in [3.63, 3.8) is 0 Å². The minimum absolute atomic E-state index is 0.231. The smallest absolute Gasteiger partial charge is 0.0754 e. The molecule has 0 bridgehead atoms. The lowest BCUT2D eigenvalue weighted by atomic mass is 10.2. The van der Waals surface area contributed by atoms with Crippen molar-refractivity contribution in [2.24, 2.45) is 5.92 Å². The van der Waals surface area contributed by atoms with Crippen molar-refractivity contribution in [2.45, 2.75) is 27.2 Å². The molecule has 2 nitrogen and oxygen atoms in total. The van der Waals surface area contributed by atoms with Gasteiger partial charge in [-0.3, -0.25) is 0 Å². The lowest BCUT2D eigenvalue weighted by Crippen LogP contribution is -1.79. The molecule has 0 aliphatic rings. The molecular weight excluding hydrogens is 152 g/mol. The van der Waals surface area contributed by atoms with E-state index < -0.39 is 0 Å². The fourth-order valence-electron chi connectivity index (χ4n) is 0.363. The van der Waals surface area contributed by atoms with Gasteiger partial charge in [0.05, 0.1) is 6.26 Å². The van der Waals surface area contributed by atoms with E-state index in [1.54, 1.807) is 6.08 Å². The molecule has 0 saturated heterocycles. The Labute approximate surface area is 75.2 Å². The fraction of sp³-hybridized carbons (Fsp3) is 0.600. The molecule has 72 valence electrons. The highest BCUT2D eigenvalue weighted by Gasteiger charge is 1.78. The first-order chi connectivity index (χ1) is 5.54. The average molecular weight is 172 g/mol. The van der Waals surface area contributed by atoms with E-state index in [9.17, 15) is 0 Å². The second kappa shape index (κ2) is 10.2. The molecule has 0 aromatic rings. The molecule has 2 heteroatoms. The standard InChI is InChI=1S/2C5H10O/c2*1-5(2)3-4-6/h3-6H,1-2H3;6H,1,3-4H2,2H3. The Morgan fingerprint density at radius 3 is 2.00 bits per heavy atom. The monoisotopic (exact) mass is 172 g/mol. The minimum atomic E-state index is 0.231. The van der Waals surface area contributed by atoms with E-state index in [4.69, 9.17) is 10.2 Å². The van der Waals surface area contributed by atoms with E-state index in [1.807, 2.05) is 20.8 Å². The SMILES string of the molecule is C=C(C)CCO.CC(C)C=CO. The zero-order valence-corrected chi connectivity index (χ0v) is 8.25. The Morgan fingerprint density at radius 1 is 1.50 bits per heavy atom. The molecule has 0 aliphatic carbocycles. The van der Waals surface area contributed by atoms with Crippen LogP contribution in [0.2, 0.25) is 0 Å². The number of aliphatic hydroxyl groups is 2. The van der Waals surface area contributed by atoms with Gasteiger partial charge in [0.2, 0.25) is 0 Å². The first kappa shape index (κ1) is 13.8. The second-order valence-corrected chi connectivity index (χ2v) is 3.02. The maximum Gasteiger partial charge on any atom is 0.0754 e. The molecular formula is C10H20O2. The Bertz CT molecular complexity index is 126. The molecule has 0 fully saturated rings. The fourth-order valence-corrected chi connectivity index (χ4v) is 0.363. The first-order valence-corrected chi connectivity index (χ1v) is 4.10. The van der Waals surface area contributed by atoms with Crippen LogP contribution in [-0.2, 0) is 0 Å². The van der Waals surface area contributed by atoms with E-state index in [0.717, 1.165) is 18.3 Å². The number of rotatable bonds is 3. The van der Waals surface area contributed by atoms with Gasteiger partial charge in [-0.2, -0.15) is 0 Å².